The SMILES string of the molecule is C=CCN([C@H]1CCc2ccccc21)S(=O)(=O)c1cc(F)cc(F)c1. The number of sulfonamides is 1. The monoisotopic (exact) mass is 349 g/mol. The van der Waals surface area contributed by atoms with E-state index >= 15 is 0 Å². The molecule has 6 heteroatoms. The topological polar surface area (TPSA) is 37.4 Å². The first-order chi connectivity index (χ1) is 11.4. The van der Waals surface area contributed by atoms with Gasteiger partial charge < -0.3 is 0 Å². The first-order valence-electron chi connectivity index (χ1n) is 7.60. The molecular formula is C18H17F2NO2S. The van der Waals surface area contributed by atoms with Crippen LogP contribution in [-0.4, -0.2) is 19.3 Å². The summed E-state index contributed by atoms with van der Waals surface area (Å²) in [4.78, 5) is -0.383. The van der Waals surface area contributed by atoms with Gasteiger partial charge in [-0.05, 0) is 36.1 Å². The zero-order chi connectivity index (χ0) is 17.3. The number of rotatable bonds is 5. The van der Waals surface area contributed by atoms with Gasteiger partial charge in [0.15, 0.2) is 0 Å². The van der Waals surface area contributed by atoms with Crippen LogP contribution in [0.1, 0.15) is 23.6 Å². The molecule has 1 aliphatic carbocycles. The van der Waals surface area contributed by atoms with Gasteiger partial charge in [-0.15, -0.1) is 6.58 Å². The summed E-state index contributed by atoms with van der Waals surface area (Å²) in [5.41, 5.74) is 2.02. The summed E-state index contributed by atoms with van der Waals surface area (Å²) in [5.74, 6) is -1.84. The van der Waals surface area contributed by atoms with Crippen LogP contribution < -0.4 is 0 Å². The van der Waals surface area contributed by atoms with Crippen molar-refractivity contribution in [2.45, 2.75) is 23.8 Å². The largest absolute Gasteiger partial charge is 0.244 e. The Labute approximate surface area is 140 Å². The molecule has 1 aliphatic rings. The van der Waals surface area contributed by atoms with E-state index in [1.165, 1.54) is 10.4 Å². The zero-order valence-corrected chi connectivity index (χ0v) is 13.8. The number of fused-ring (bicyclic) bond motifs is 1. The zero-order valence-electron chi connectivity index (χ0n) is 13.0. The minimum atomic E-state index is -4.05. The van der Waals surface area contributed by atoms with Crippen molar-refractivity contribution in [1.82, 2.24) is 4.31 Å². The maximum atomic E-state index is 13.5. The summed E-state index contributed by atoms with van der Waals surface area (Å²) in [6, 6.07) is 9.61. The molecule has 0 unspecified atom stereocenters. The number of hydrogen-bond donors (Lipinski definition) is 0. The molecule has 0 aliphatic heterocycles. The molecule has 0 fully saturated rings. The molecule has 0 saturated carbocycles. The fourth-order valence-corrected chi connectivity index (χ4v) is 4.82. The molecule has 0 amide bonds. The molecule has 2 aromatic carbocycles. The quantitative estimate of drug-likeness (QED) is 0.770. The van der Waals surface area contributed by atoms with Gasteiger partial charge in [0, 0.05) is 12.6 Å². The van der Waals surface area contributed by atoms with Crippen molar-refractivity contribution in [2.75, 3.05) is 6.54 Å². The van der Waals surface area contributed by atoms with E-state index in [4.69, 9.17) is 0 Å². The summed E-state index contributed by atoms with van der Waals surface area (Å²) in [5, 5.41) is 0. The van der Waals surface area contributed by atoms with Crippen LogP contribution in [0.2, 0.25) is 0 Å². The second-order valence-electron chi connectivity index (χ2n) is 5.72. The molecule has 0 radical (unpaired) electrons. The normalized spacial score (nSPS) is 17.0. The van der Waals surface area contributed by atoms with E-state index in [0.717, 1.165) is 29.7 Å². The number of nitrogens with zero attached hydrogens (tertiary/aromatic N) is 1. The Hall–Kier alpha value is -2.05. The van der Waals surface area contributed by atoms with Crippen LogP contribution >= 0.6 is 0 Å². The van der Waals surface area contributed by atoms with Crippen molar-refractivity contribution in [3.8, 4) is 0 Å². The van der Waals surface area contributed by atoms with Gasteiger partial charge in [0.1, 0.15) is 11.6 Å². The highest BCUT2D eigenvalue weighted by molar-refractivity contribution is 7.89. The average molecular weight is 349 g/mol. The van der Waals surface area contributed by atoms with E-state index in [-0.39, 0.29) is 17.5 Å². The second kappa shape index (κ2) is 6.45. The van der Waals surface area contributed by atoms with Crippen molar-refractivity contribution in [2.24, 2.45) is 0 Å². The Kier molecular flexibility index (Phi) is 4.51. The molecule has 0 bridgehead atoms. The Balaban J connectivity index is 2.07. The van der Waals surface area contributed by atoms with Crippen LogP contribution in [-0.2, 0) is 16.4 Å². The van der Waals surface area contributed by atoms with Gasteiger partial charge >= 0.3 is 0 Å². The lowest BCUT2D eigenvalue weighted by Crippen LogP contribution is -2.34. The highest BCUT2D eigenvalue weighted by atomic mass is 32.2. The molecule has 0 saturated heterocycles. The summed E-state index contributed by atoms with van der Waals surface area (Å²) >= 11 is 0. The van der Waals surface area contributed by atoms with E-state index in [0.29, 0.717) is 12.5 Å². The highest BCUT2D eigenvalue weighted by Gasteiger charge is 2.35. The van der Waals surface area contributed by atoms with Crippen LogP contribution in [0.15, 0.2) is 60.0 Å². The molecule has 0 N–H and O–H groups in total. The molecule has 0 heterocycles. The number of aryl methyl sites for hydroxylation is 1. The maximum Gasteiger partial charge on any atom is 0.244 e. The predicted molar refractivity (Wildman–Crippen MR) is 88.0 cm³/mol. The standard InChI is InChI=1S/C18H17F2NO2S/c1-2-9-21(18-8-7-13-5-3-4-6-17(13)18)24(22,23)16-11-14(19)10-15(20)12-16/h2-6,10-12,18H,1,7-9H2/t18-/m0/s1. The summed E-state index contributed by atoms with van der Waals surface area (Å²) in [7, 11) is -4.05. The van der Waals surface area contributed by atoms with Crippen LogP contribution in [0.25, 0.3) is 0 Å². The Morgan fingerprint density at radius 3 is 2.50 bits per heavy atom. The number of halogens is 2. The molecule has 3 nitrogen and oxygen atoms in total. The van der Waals surface area contributed by atoms with Crippen molar-refractivity contribution in [1.29, 1.82) is 0 Å². The van der Waals surface area contributed by atoms with Gasteiger partial charge in [0.05, 0.1) is 10.9 Å². The van der Waals surface area contributed by atoms with Crippen LogP contribution in [0.4, 0.5) is 8.78 Å². The minimum absolute atomic E-state index is 0.0689. The van der Waals surface area contributed by atoms with Crippen molar-refractivity contribution in [3.05, 3.63) is 77.9 Å². The first kappa shape index (κ1) is 16.8. The fraction of sp³-hybridized carbons (Fsp3) is 0.222. The summed E-state index contributed by atoms with van der Waals surface area (Å²) < 4.78 is 54.2. The van der Waals surface area contributed by atoms with Gasteiger partial charge in [0.2, 0.25) is 10.0 Å². The van der Waals surface area contributed by atoms with Crippen molar-refractivity contribution in [3.63, 3.8) is 0 Å². The van der Waals surface area contributed by atoms with Gasteiger partial charge in [-0.3, -0.25) is 0 Å². The molecule has 24 heavy (non-hydrogen) atoms. The highest BCUT2D eigenvalue weighted by Crippen LogP contribution is 2.38. The van der Waals surface area contributed by atoms with Gasteiger partial charge in [-0.1, -0.05) is 30.3 Å². The van der Waals surface area contributed by atoms with Crippen LogP contribution in [0.3, 0.4) is 0 Å². The number of benzene rings is 2. The second-order valence-corrected chi connectivity index (χ2v) is 7.61. The lowest BCUT2D eigenvalue weighted by Gasteiger charge is -2.28. The third kappa shape index (κ3) is 2.99. The van der Waals surface area contributed by atoms with Crippen LogP contribution in [0.5, 0.6) is 0 Å². The lowest BCUT2D eigenvalue weighted by molar-refractivity contribution is 0.348. The van der Waals surface area contributed by atoms with E-state index in [2.05, 4.69) is 6.58 Å². The molecule has 0 aromatic heterocycles. The van der Waals surface area contributed by atoms with Crippen LogP contribution in [0, 0.1) is 11.6 Å². The smallest absolute Gasteiger partial charge is 0.207 e. The Morgan fingerprint density at radius 1 is 1.17 bits per heavy atom. The molecule has 3 rings (SSSR count). The van der Waals surface area contributed by atoms with E-state index in [1.54, 1.807) is 0 Å². The first-order valence-corrected chi connectivity index (χ1v) is 9.04. The molecule has 2 aromatic rings. The molecule has 0 spiro atoms. The maximum absolute atomic E-state index is 13.5. The third-order valence-corrected chi connectivity index (χ3v) is 6.05. The Morgan fingerprint density at radius 2 is 1.83 bits per heavy atom. The van der Waals surface area contributed by atoms with Crippen molar-refractivity contribution < 1.29 is 17.2 Å². The van der Waals surface area contributed by atoms with Gasteiger partial charge in [0.25, 0.3) is 0 Å². The third-order valence-electron chi connectivity index (χ3n) is 4.20. The minimum Gasteiger partial charge on any atom is -0.207 e. The predicted octanol–water partition coefficient (Wildman–Crippen LogP) is 3.83. The van der Waals surface area contributed by atoms with Crippen molar-refractivity contribution >= 4 is 10.0 Å². The van der Waals surface area contributed by atoms with Gasteiger partial charge in [-0.2, -0.15) is 4.31 Å². The molecule has 126 valence electrons. The van der Waals surface area contributed by atoms with E-state index in [9.17, 15) is 17.2 Å². The van der Waals surface area contributed by atoms with E-state index in [1.807, 2.05) is 24.3 Å². The summed E-state index contributed by atoms with van der Waals surface area (Å²) in [6.45, 7) is 3.68. The number of hydrogen-bond acceptors (Lipinski definition) is 2. The fourth-order valence-electron chi connectivity index (χ4n) is 3.17. The Bertz CT molecular complexity index is 860. The van der Waals surface area contributed by atoms with E-state index < -0.39 is 21.7 Å². The lowest BCUT2D eigenvalue weighted by atomic mass is 10.1. The summed E-state index contributed by atoms with van der Waals surface area (Å²) in [6.07, 6.45) is 2.87. The molecule has 1 atom stereocenters. The van der Waals surface area contributed by atoms with Gasteiger partial charge in [-0.25, -0.2) is 17.2 Å². The average Bonchev–Trinajstić information content (AvgIpc) is 2.95. The molecular weight excluding hydrogens is 332 g/mol.